The number of likely N-dealkylation sites (tertiary alicyclic amines) is 1. The van der Waals surface area contributed by atoms with Gasteiger partial charge in [-0.3, -0.25) is 4.79 Å². The number of rotatable bonds is 3. The molecular weight excluding hydrogens is 370 g/mol. The van der Waals surface area contributed by atoms with Gasteiger partial charge in [0.1, 0.15) is 0 Å². The lowest BCUT2D eigenvalue weighted by Crippen LogP contribution is -2.28. The van der Waals surface area contributed by atoms with E-state index in [9.17, 15) is 4.79 Å². The summed E-state index contributed by atoms with van der Waals surface area (Å²) in [6, 6.07) is 14.1. The van der Waals surface area contributed by atoms with E-state index in [0.29, 0.717) is 36.2 Å². The Labute approximate surface area is 167 Å². The summed E-state index contributed by atoms with van der Waals surface area (Å²) in [5.41, 5.74) is 3.42. The van der Waals surface area contributed by atoms with Gasteiger partial charge in [0.25, 0.3) is 0 Å². The molecule has 1 aromatic heterocycles. The summed E-state index contributed by atoms with van der Waals surface area (Å²) < 4.78 is 16.3. The van der Waals surface area contributed by atoms with E-state index >= 15 is 0 Å². The van der Waals surface area contributed by atoms with Crippen LogP contribution in [-0.4, -0.2) is 34.3 Å². The molecule has 1 aliphatic carbocycles. The van der Waals surface area contributed by atoms with Crippen LogP contribution in [-0.2, 0) is 11.2 Å². The average Bonchev–Trinajstić information content (AvgIpc) is 3.52. The van der Waals surface area contributed by atoms with Gasteiger partial charge in [0.05, 0.1) is 12.0 Å². The number of nitrogens with zero attached hydrogens (tertiary/aromatic N) is 3. The Hall–Kier alpha value is -3.35. The van der Waals surface area contributed by atoms with Gasteiger partial charge in [0, 0.05) is 18.5 Å². The second kappa shape index (κ2) is 6.34. The highest BCUT2D eigenvalue weighted by molar-refractivity contribution is 5.80. The van der Waals surface area contributed by atoms with Gasteiger partial charge >= 0.3 is 0 Å². The monoisotopic (exact) mass is 389 g/mol. The first kappa shape index (κ1) is 16.6. The van der Waals surface area contributed by atoms with E-state index in [0.717, 1.165) is 18.4 Å². The predicted molar refractivity (Wildman–Crippen MR) is 102 cm³/mol. The number of aromatic nitrogens is 2. The number of carbonyl (C=O) groups excluding carboxylic acids is 1. The van der Waals surface area contributed by atoms with Crippen LogP contribution < -0.4 is 9.47 Å². The fourth-order valence-corrected chi connectivity index (χ4v) is 4.61. The second-order valence-electron chi connectivity index (χ2n) is 7.72. The molecular formula is C22H19N3O4. The van der Waals surface area contributed by atoms with Gasteiger partial charge in [-0.25, -0.2) is 0 Å². The lowest BCUT2D eigenvalue weighted by Gasteiger charge is -2.25. The Morgan fingerprint density at radius 3 is 2.93 bits per heavy atom. The molecule has 6 rings (SSSR count). The zero-order valence-corrected chi connectivity index (χ0v) is 15.7. The minimum atomic E-state index is -0.0782. The first-order valence-corrected chi connectivity index (χ1v) is 9.87. The zero-order chi connectivity index (χ0) is 19.4. The molecule has 146 valence electrons. The number of ether oxygens (including phenoxy) is 2. The van der Waals surface area contributed by atoms with E-state index < -0.39 is 0 Å². The molecule has 2 aromatic carbocycles. The average molecular weight is 389 g/mol. The number of benzene rings is 2. The van der Waals surface area contributed by atoms with Gasteiger partial charge in [0.15, 0.2) is 11.5 Å². The molecule has 0 bridgehead atoms. The molecule has 0 radical (unpaired) electrons. The molecule has 0 spiro atoms. The van der Waals surface area contributed by atoms with Gasteiger partial charge in [-0.05, 0) is 42.2 Å². The quantitative estimate of drug-likeness (QED) is 0.683. The standard InChI is InChI=1S/C22H19N3O4/c26-20-10-15(11-25(20)17-7-5-13-3-1-2-4-16(13)17)22-23-21(24-29-22)14-6-8-18-19(9-14)28-12-27-18/h1-4,6,8-9,15,17H,5,7,10-12H2. The molecule has 7 nitrogen and oxygen atoms in total. The van der Waals surface area contributed by atoms with Crippen LogP contribution in [0.2, 0.25) is 0 Å². The largest absolute Gasteiger partial charge is 0.454 e. The molecule has 3 aromatic rings. The molecule has 1 fully saturated rings. The van der Waals surface area contributed by atoms with Crippen molar-refractivity contribution in [1.82, 2.24) is 15.0 Å². The van der Waals surface area contributed by atoms with E-state index in [2.05, 4.69) is 28.3 Å². The number of hydrogen-bond donors (Lipinski definition) is 0. The van der Waals surface area contributed by atoms with Crippen molar-refractivity contribution in [1.29, 1.82) is 0 Å². The maximum Gasteiger partial charge on any atom is 0.232 e. The van der Waals surface area contributed by atoms with Crippen molar-refractivity contribution < 1.29 is 18.8 Å². The van der Waals surface area contributed by atoms with Crippen LogP contribution in [0, 0.1) is 0 Å². The van der Waals surface area contributed by atoms with Crippen molar-refractivity contribution in [2.24, 2.45) is 0 Å². The molecule has 1 saturated heterocycles. The Balaban J connectivity index is 1.23. The third kappa shape index (κ3) is 2.68. The van der Waals surface area contributed by atoms with Gasteiger partial charge < -0.3 is 18.9 Å². The van der Waals surface area contributed by atoms with Gasteiger partial charge in [-0.1, -0.05) is 29.4 Å². The summed E-state index contributed by atoms with van der Waals surface area (Å²) >= 11 is 0. The summed E-state index contributed by atoms with van der Waals surface area (Å²) in [5, 5.41) is 4.13. The lowest BCUT2D eigenvalue weighted by molar-refractivity contribution is -0.129. The van der Waals surface area contributed by atoms with E-state index in [1.165, 1.54) is 11.1 Å². The van der Waals surface area contributed by atoms with Crippen LogP contribution in [0.25, 0.3) is 11.4 Å². The maximum atomic E-state index is 12.8. The molecule has 2 aliphatic heterocycles. The minimum Gasteiger partial charge on any atom is -0.454 e. The van der Waals surface area contributed by atoms with E-state index in [-0.39, 0.29) is 24.7 Å². The summed E-state index contributed by atoms with van der Waals surface area (Å²) in [7, 11) is 0. The summed E-state index contributed by atoms with van der Waals surface area (Å²) in [6.45, 7) is 0.835. The van der Waals surface area contributed by atoms with Crippen molar-refractivity contribution in [3.05, 3.63) is 59.5 Å². The fraction of sp³-hybridized carbons (Fsp3) is 0.318. The van der Waals surface area contributed by atoms with Crippen LogP contribution in [0.4, 0.5) is 0 Å². The van der Waals surface area contributed by atoms with Crippen LogP contribution in [0.5, 0.6) is 11.5 Å². The molecule has 0 N–H and O–H groups in total. The van der Waals surface area contributed by atoms with Crippen LogP contribution in [0.3, 0.4) is 0 Å². The predicted octanol–water partition coefficient (Wildman–Crippen LogP) is 3.47. The van der Waals surface area contributed by atoms with Gasteiger partial charge in [0.2, 0.25) is 24.4 Å². The number of carbonyl (C=O) groups is 1. The number of fused-ring (bicyclic) bond motifs is 2. The summed E-state index contributed by atoms with van der Waals surface area (Å²) in [5.74, 6) is 2.47. The highest BCUT2D eigenvalue weighted by atomic mass is 16.7. The first-order valence-electron chi connectivity index (χ1n) is 9.87. The minimum absolute atomic E-state index is 0.0782. The zero-order valence-electron chi connectivity index (χ0n) is 15.7. The van der Waals surface area contributed by atoms with Gasteiger partial charge in [-0.15, -0.1) is 0 Å². The lowest BCUT2D eigenvalue weighted by atomic mass is 10.1. The molecule has 3 heterocycles. The highest BCUT2D eigenvalue weighted by Crippen LogP contribution is 2.41. The summed E-state index contributed by atoms with van der Waals surface area (Å²) in [4.78, 5) is 19.3. The Bertz CT molecular complexity index is 1110. The number of amides is 1. The normalized spacial score (nSPS) is 22.3. The molecule has 1 amide bonds. The molecule has 0 saturated carbocycles. The highest BCUT2D eigenvalue weighted by Gasteiger charge is 2.40. The van der Waals surface area contributed by atoms with Crippen molar-refractivity contribution in [2.75, 3.05) is 13.3 Å². The number of aryl methyl sites for hydroxylation is 1. The first-order chi connectivity index (χ1) is 14.3. The van der Waals surface area contributed by atoms with Crippen molar-refractivity contribution in [2.45, 2.75) is 31.2 Å². The maximum absolute atomic E-state index is 12.8. The SMILES string of the molecule is O=C1CC(c2nc(-c3ccc4c(c3)OCO4)no2)CN1C1CCc2ccccc21. The Morgan fingerprint density at radius 2 is 1.97 bits per heavy atom. The van der Waals surface area contributed by atoms with E-state index in [4.69, 9.17) is 14.0 Å². The third-order valence-corrected chi connectivity index (χ3v) is 6.06. The smallest absolute Gasteiger partial charge is 0.232 e. The molecule has 29 heavy (non-hydrogen) atoms. The van der Waals surface area contributed by atoms with Crippen molar-refractivity contribution >= 4 is 5.91 Å². The number of hydrogen-bond acceptors (Lipinski definition) is 6. The van der Waals surface area contributed by atoms with Crippen LogP contribution in [0.1, 0.15) is 41.8 Å². The van der Waals surface area contributed by atoms with Crippen molar-refractivity contribution in [3.63, 3.8) is 0 Å². The third-order valence-electron chi connectivity index (χ3n) is 6.06. The molecule has 2 atom stereocenters. The Kier molecular flexibility index (Phi) is 3.62. The van der Waals surface area contributed by atoms with Crippen molar-refractivity contribution in [3.8, 4) is 22.9 Å². The van der Waals surface area contributed by atoms with E-state index in [1.807, 2.05) is 29.2 Å². The topological polar surface area (TPSA) is 77.7 Å². The molecule has 7 heteroatoms. The molecule has 3 aliphatic rings. The summed E-state index contributed by atoms with van der Waals surface area (Å²) in [6.07, 6.45) is 2.40. The van der Waals surface area contributed by atoms with Crippen LogP contribution in [0.15, 0.2) is 47.0 Å². The second-order valence-corrected chi connectivity index (χ2v) is 7.72. The van der Waals surface area contributed by atoms with E-state index in [1.54, 1.807) is 0 Å². The Morgan fingerprint density at radius 1 is 1.07 bits per heavy atom. The molecule has 2 unspecified atom stereocenters. The van der Waals surface area contributed by atoms with Crippen LogP contribution >= 0.6 is 0 Å². The fourth-order valence-electron chi connectivity index (χ4n) is 4.61. The van der Waals surface area contributed by atoms with Gasteiger partial charge in [-0.2, -0.15) is 4.98 Å².